The molecule has 1 aliphatic rings. The van der Waals surface area contributed by atoms with E-state index < -0.39 is 0 Å². The molecule has 1 fully saturated rings. The Morgan fingerprint density at radius 3 is 1.80 bits per heavy atom. The predicted molar refractivity (Wildman–Crippen MR) is 82.6 cm³/mol. The first-order valence-electron chi connectivity index (χ1n) is 7.51. The topological polar surface area (TPSA) is 9.23 Å². The molecule has 1 heterocycles. The van der Waals surface area contributed by atoms with Crippen molar-refractivity contribution in [3.05, 3.63) is 71.8 Å². The quantitative estimate of drug-likeness (QED) is 0.778. The van der Waals surface area contributed by atoms with Crippen LogP contribution in [0.15, 0.2) is 60.7 Å². The van der Waals surface area contributed by atoms with Crippen molar-refractivity contribution >= 4 is 0 Å². The highest BCUT2D eigenvalue weighted by molar-refractivity contribution is 5.37. The number of hydrogen-bond donors (Lipinski definition) is 0. The lowest BCUT2D eigenvalue weighted by Gasteiger charge is -2.31. The standard InChI is InChI=1S/C19H22O/c1-15(2)18-13-14-19(20-18,16-9-5-3-6-10-16)17-11-7-4-8-12-17/h3-12,15,18H,13-14H2,1-2H3. The van der Waals surface area contributed by atoms with Gasteiger partial charge in [-0.05, 0) is 29.9 Å². The second-order valence-electron chi connectivity index (χ2n) is 6.00. The van der Waals surface area contributed by atoms with Crippen LogP contribution in [0.1, 0.15) is 37.8 Å². The van der Waals surface area contributed by atoms with Gasteiger partial charge in [0.2, 0.25) is 0 Å². The van der Waals surface area contributed by atoms with Gasteiger partial charge in [-0.25, -0.2) is 0 Å². The molecule has 1 aliphatic heterocycles. The van der Waals surface area contributed by atoms with Crippen LogP contribution < -0.4 is 0 Å². The largest absolute Gasteiger partial charge is 0.362 e. The van der Waals surface area contributed by atoms with Crippen molar-refractivity contribution in [3.8, 4) is 0 Å². The summed E-state index contributed by atoms with van der Waals surface area (Å²) < 4.78 is 6.58. The monoisotopic (exact) mass is 266 g/mol. The molecule has 1 atom stereocenters. The molecule has 0 amide bonds. The number of rotatable bonds is 3. The summed E-state index contributed by atoms with van der Waals surface area (Å²) in [5.74, 6) is 0.560. The minimum Gasteiger partial charge on any atom is -0.362 e. The van der Waals surface area contributed by atoms with E-state index in [1.165, 1.54) is 11.1 Å². The third kappa shape index (κ3) is 2.27. The molecule has 0 N–H and O–H groups in total. The molecule has 0 aromatic heterocycles. The Balaban J connectivity index is 2.06. The minimum absolute atomic E-state index is 0.266. The van der Waals surface area contributed by atoms with Crippen molar-refractivity contribution in [1.82, 2.24) is 0 Å². The van der Waals surface area contributed by atoms with E-state index in [1.54, 1.807) is 0 Å². The highest BCUT2D eigenvalue weighted by atomic mass is 16.5. The molecule has 1 saturated heterocycles. The molecular weight excluding hydrogens is 244 g/mol. The summed E-state index contributed by atoms with van der Waals surface area (Å²) in [5.41, 5.74) is 2.28. The van der Waals surface area contributed by atoms with Crippen LogP contribution in [0, 0.1) is 5.92 Å². The Morgan fingerprint density at radius 2 is 1.40 bits per heavy atom. The molecule has 2 aromatic carbocycles. The van der Waals surface area contributed by atoms with Crippen LogP contribution in [-0.4, -0.2) is 6.10 Å². The van der Waals surface area contributed by atoms with Gasteiger partial charge in [-0.2, -0.15) is 0 Å². The van der Waals surface area contributed by atoms with Gasteiger partial charge in [0, 0.05) is 0 Å². The van der Waals surface area contributed by atoms with E-state index in [2.05, 4.69) is 74.5 Å². The van der Waals surface area contributed by atoms with Crippen molar-refractivity contribution < 1.29 is 4.74 Å². The van der Waals surface area contributed by atoms with Crippen LogP contribution in [-0.2, 0) is 10.3 Å². The minimum atomic E-state index is -0.266. The number of ether oxygens (including phenoxy) is 1. The van der Waals surface area contributed by atoms with E-state index in [0.717, 1.165) is 12.8 Å². The lowest BCUT2D eigenvalue weighted by molar-refractivity contribution is -0.0356. The van der Waals surface area contributed by atoms with Crippen LogP contribution in [0.5, 0.6) is 0 Å². The van der Waals surface area contributed by atoms with Crippen molar-refractivity contribution in [2.24, 2.45) is 5.92 Å². The Labute approximate surface area is 121 Å². The Kier molecular flexibility index (Phi) is 3.62. The fourth-order valence-corrected chi connectivity index (χ4v) is 3.20. The van der Waals surface area contributed by atoms with Gasteiger partial charge >= 0.3 is 0 Å². The molecule has 2 aromatic rings. The van der Waals surface area contributed by atoms with Crippen molar-refractivity contribution in [2.45, 2.75) is 38.4 Å². The molecule has 1 unspecified atom stereocenters. The average Bonchev–Trinajstić information content (AvgIpc) is 2.96. The van der Waals surface area contributed by atoms with E-state index in [1.807, 2.05) is 0 Å². The molecule has 0 saturated carbocycles. The zero-order valence-corrected chi connectivity index (χ0v) is 12.3. The second kappa shape index (κ2) is 5.41. The van der Waals surface area contributed by atoms with Gasteiger partial charge in [0.05, 0.1) is 6.10 Å². The van der Waals surface area contributed by atoms with Gasteiger partial charge in [-0.3, -0.25) is 0 Å². The maximum Gasteiger partial charge on any atom is 0.119 e. The van der Waals surface area contributed by atoms with Crippen LogP contribution in [0.4, 0.5) is 0 Å². The summed E-state index contributed by atoms with van der Waals surface area (Å²) >= 11 is 0. The molecule has 0 spiro atoms. The third-order valence-corrected chi connectivity index (χ3v) is 4.36. The smallest absolute Gasteiger partial charge is 0.119 e. The fraction of sp³-hybridized carbons (Fsp3) is 0.368. The zero-order valence-electron chi connectivity index (χ0n) is 12.3. The van der Waals surface area contributed by atoms with Gasteiger partial charge in [0.1, 0.15) is 5.60 Å². The van der Waals surface area contributed by atoms with E-state index in [4.69, 9.17) is 4.74 Å². The van der Waals surface area contributed by atoms with Crippen LogP contribution in [0.2, 0.25) is 0 Å². The SMILES string of the molecule is CC(C)C1CCC(c2ccccc2)(c2ccccc2)O1. The fourth-order valence-electron chi connectivity index (χ4n) is 3.20. The van der Waals surface area contributed by atoms with Gasteiger partial charge in [-0.15, -0.1) is 0 Å². The van der Waals surface area contributed by atoms with E-state index >= 15 is 0 Å². The maximum absolute atomic E-state index is 6.58. The highest BCUT2D eigenvalue weighted by Gasteiger charge is 2.43. The van der Waals surface area contributed by atoms with Crippen LogP contribution in [0.25, 0.3) is 0 Å². The van der Waals surface area contributed by atoms with Crippen molar-refractivity contribution in [2.75, 3.05) is 0 Å². The molecule has 0 bridgehead atoms. The lowest BCUT2D eigenvalue weighted by Crippen LogP contribution is -2.29. The van der Waals surface area contributed by atoms with Crippen LogP contribution in [0.3, 0.4) is 0 Å². The molecule has 20 heavy (non-hydrogen) atoms. The van der Waals surface area contributed by atoms with Crippen LogP contribution >= 0.6 is 0 Å². The Morgan fingerprint density at radius 1 is 0.900 bits per heavy atom. The first-order valence-corrected chi connectivity index (χ1v) is 7.51. The number of hydrogen-bond acceptors (Lipinski definition) is 1. The van der Waals surface area contributed by atoms with Crippen molar-refractivity contribution in [1.29, 1.82) is 0 Å². The summed E-state index contributed by atoms with van der Waals surface area (Å²) in [7, 11) is 0. The lowest BCUT2D eigenvalue weighted by atomic mass is 9.84. The first-order chi connectivity index (χ1) is 9.72. The third-order valence-electron chi connectivity index (χ3n) is 4.36. The molecular formula is C19H22O. The molecule has 0 radical (unpaired) electrons. The summed E-state index contributed by atoms with van der Waals surface area (Å²) in [6.45, 7) is 4.49. The van der Waals surface area contributed by atoms with E-state index in [9.17, 15) is 0 Å². The summed E-state index contributed by atoms with van der Waals surface area (Å²) in [6, 6.07) is 21.3. The van der Waals surface area contributed by atoms with Gasteiger partial charge in [0.15, 0.2) is 0 Å². The Hall–Kier alpha value is -1.60. The van der Waals surface area contributed by atoms with Gasteiger partial charge < -0.3 is 4.74 Å². The zero-order chi connectivity index (χ0) is 14.0. The Bertz CT molecular complexity index is 505. The van der Waals surface area contributed by atoms with E-state index in [-0.39, 0.29) is 5.60 Å². The molecule has 1 heteroatoms. The second-order valence-corrected chi connectivity index (χ2v) is 6.00. The van der Waals surface area contributed by atoms with Gasteiger partial charge in [0.25, 0.3) is 0 Å². The summed E-state index contributed by atoms with van der Waals surface area (Å²) in [5, 5.41) is 0. The molecule has 1 nitrogen and oxygen atoms in total. The summed E-state index contributed by atoms with van der Waals surface area (Å²) in [6.07, 6.45) is 2.53. The van der Waals surface area contributed by atoms with E-state index in [0.29, 0.717) is 12.0 Å². The molecule has 104 valence electrons. The maximum atomic E-state index is 6.58. The normalized spacial score (nSPS) is 21.2. The average molecular weight is 266 g/mol. The van der Waals surface area contributed by atoms with Crippen molar-refractivity contribution in [3.63, 3.8) is 0 Å². The highest BCUT2D eigenvalue weighted by Crippen LogP contribution is 2.46. The van der Waals surface area contributed by atoms with Gasteiger partial charge in [-0.1, -0.05) is 74.5 Å². The number of benzene rings is 2. The summed E-state index contributed by atoms with van der Waals surface area (Å²) in [4.78, 5) is 0. The first kappa shape index (κ1) is 13.4. The molecule has 0 aliphatic carbocycles. The predicted octanol–water partition coefficient (Wildman–Crippen LogP) is 4.77. The molecule has 3 rings (SSSR count).